The van der Waals surface area contributed by atoms with Gasteiger partial charge in [0.1, 0.15) is 28.2 Å². The number of halogens is 3. The van der Waals surface area contributed by atoms with Gasteiger partial charge in [-0.3, -0.25) is 9.69 Å². The average molecular weight is 690 g/mol. The Labute approximate surface area is 288 Å². The normalized spacial score (nSPS) is 26.4. The van der Waals surface area contributed by atoms with Gasteiger partial charge in [0, 0.05) is 72.3 Å². The number of likely N-dealkylation sites (tertiary alicyclic amines) is 1. The number of nitrogens with one attached hydrogen (secondary N) is 1. The Bertz CT molecular complexity index is 2010. The van der Waals surface area contributed by atoms with E-state index in [0.29, 0.717) is 29.2 Å². The van der Waals surface area contributed by atoms with Crippen LogP contribution in [0.15, 0.2) is 24.3 Å². The van der Waals surface area contributed by atoms with E-state index in [9.17, 15) is 23.2 Å². The number of nitriles is 1. The lowest BCUT2D eigenvalue weighted by molar-refractivity contribution is -0.171. The second kappa shape index (κ2) is 11.4. The Balaban J connectivity index is 0.964. The molecule has 12 heteroatoms. The van der Waals surface area contributed by atoms with Crippen LogP contribution in [0.25, 0.3) is 21.1 Å². The zero-order valence-corrected chi connectivity index (χ0v) is 29.2. The molecule has 1 N–H and O–H groups in total. The van der Waals surface area contributed by atoms with Crippen molar-refractivity contribution < 1.29 is 18.0 Å². The fourth-order valence-corrected chi connectivity index (χ4v) is 10.6. The van der Waals surface area contributed by atoms with Gasteiger partial charge < -0.3 is 14.8 Å². The maximum Gasteiger partial charge on any atom is 0.393 e. The first-order valence-electron chi connectivity index (χ1n) is 17.5. The number of rotatable bonds is 9. The van der Waals surface area contributed by atoms with E-state index in [1.165, 1.54) is 11.1 Å². The Hall–Kier alpha value is -3.69. The molecule has 5 aliphatic rings. The number of anilines is 1. The van der Waals surface area contributed by atoms with Gasteiger partial charge in [-0.1, -0.05) is 19.9 Å². The molecule has 1 aromatic carbocycles. The topological polar surface area (TPSA) is 90.1 Å². The predicted molar refractivity (Wildman–Crippen MR) is 185 cm³/mol. The average Bonchev–Trinajstić information content (AvgIpc) is 3.81. The van der Waals surface area contributed by atoms with Crippen LogP contribution >= 0.6 is 11.3 Å². The van der Waals surface area contributed by atoms with E-state index in [-0.39, 0.29) is 27.2 Å². The molecule has 4 aromatic rings. The maximum atomic E-state index is 13.2. The maximum absolute atomic E-state index is 13.2. The van der Waals surface area contributed by atoms with Gasteiger partial charge in [-0.25, -0.2) is 9.97 Å². The Morgan fingerprint density at radius 3 is 2.57 bits per heavy atom. The standard InChI is InChI=1S/C37H42F3N7OS/c1-4-30-42-32(28-13-26(14-37(38,39)40)49-33(28)43-30)46-11-9-34(21-46)8-10-45(20-34)16-24-6-7-29-27(23(24)3)12-25(15-41)47(29)22-35-17-36(18-35,19-35)44-31(48)5-2/h6-7,12-13H,4-5,8-11,14,16-22H2,1-3H3,(H,44,48). The van der Waals surface area contributed by atoms with Gasteiger partial charge in [0.05, 0.1) is 11.8 Å². The van der Waals surface area contributed by atoms with Crippen LogP contribution in [0.4, 0.5) is 19.0 Å². The fourth-order valence-electron chi connectivity index (χ4n) is 9.51. The van der Waals surface area contributed by atoms with Crippen LogP contribution in [-0.2, 0) is 30.7 Å². The smallest absolute Gasteiger partial charge is 0.355 e. The van der Waals surface area contributed by atoms with Crippen molar-refractivity contribution in [2.75, 3.05) is 31.1 Å². The number of carbonyl (C=O) groups is 1. The molecule has 1 unspecified atom stereocenters. The van der Waals surface area contributed by atoms with Crippen molar-refractivity contribution in [2.45, 2.75) is 96.9 Å². The number of alkyl halides is 3. The minimum absolute atomic E-state index is 0.0289. The highest BCUT2D eigenvalue weighted by atomic mass is 32.1. The molecule has 9 rings (SSSR count). The number of amides is 1. The quantitative estimate of drug-likeness (QED) is 0.203. The zero-order valence-electron chi connectivity index (χ0n) is 28.3. The van der Waals surface area contributed by atoms with Gasteiger partial charge in [0.25, 0.3) is 0 Å². The third-order valence-corrected chi connectivity index (χ3v) is 12.8. The zero-order chi connectivity index (χ0) is 34.3. The molecule has 3 saturated carbocycles. The minimum atomic E-state index is -4.26. The number of aryl methyl sites for hydroxylation is 2. The molecule has 5 fully saturated rings. The number of carbonyl (C=O) groups excluding carboxylic acids is 1. The van der Waals surface area contributed by atoms with Crippen LogP contribution in [0.2, 0.25) is 0 Å². The predicted octanol–water partition coefficient (Wildman–Crippen LogP) is 7.04. The second-order valence-corrected chi connectivity index (χ2v) is 16.5. The van der Waals surface area contributed by atoms with Gasteiger partial charge in [-0.05, 0) is 80.3 Å². The number of fused-ring (bicyclic) bond motifs is 2. The van der Waals surface area contributed by atoms with E-state index in [4.69, 9.17) is 4.98 Å². The summed E-state index contributed by atoms with van der Waals surface area (Å²) in [6.07, 6.45) is 0.976. The van der Waals surface area contributed by atoms with Gasteiger partial charge in [-0.2, -0.15) is 18.4 Å². The summed E-state index contributed by atoms with van der Waals surface area (Å²) in [5.41, 5.74) is 4.53. The highest BCUT2D eigenvalue weighted by Gasteiger charge is 2.68. The van der Waals surface area contributed by atoms with Gasteiger partial charge in [0.2, 0.25) is 5.91 Å². The summed E-state index contributed by atoms with van der Waals surface area (Å²) in [7, 11) is 0. The highest BCUT2D eigenvalue weighted by Crippen LogP contribution is 2.68. The number of benzene rings is 1. The van der Waals surface area contributed by atoms with E-state index >= 15 is 0 Å². The summed E-state index contributed by atoms with van der Waals surface area (Å²) in [5, 5.41) is 15.2. The van der Waals surface area contributed by atoms with E-state index < -0.39 is 12.6 Å². The summed E-state index contributed by atoms with van der Waals surface area (Å²) in [6, 6.07) is 10.5. The number of aromatic nitrogens is 3. The lowest BCUT2D eigenvalue weighted by Gasteiger charge is -2.70. The van der Waals surface area contributed by atoms with Crippen molar-refractivity contribution in [3.63, 3.8) is 0 Å². The summed E-state index contributed by atoms with van der Waals surface area (Å²) in [6.45, 7) is 11.3. The van der Waals surface area contributed by atoms with Crippen molar-refractivity contribution in [3.05, 3.63) is 51.8 Å². The van der Waals surface area contributed by atoms with Gasteiger partial charge >= 0.3 is 6.18 Å². The number of thiophene rings is 1. The molecule has 0 radical (unpaired) electrons. The second-order valence-electron chi connectivity index (χ2n) is 15.4. The van der Waals surface area contributed by atoms with E-state index in [2.05, 4.69) is 49.8 Å². The first kappa shape index (κ1) is 32.5. The number of hydrogen-bond donors (Lipinski definition) is 1. The van der Waals surface area contributed by atoms with Crippen LogP contribution in [0.3, 0.4) is 0 Å². The lowest BCUT2D eigenvalue weighted by Crippen LogP contribution is -2.75. The van der Waals surface area contributed by atoms with Crippen molar-refractivity contribution in [2.24, 2.45) is 10.8 Å². The van der Waals surface area contributed by atoms with Crippen LogP contribution in [0, 0.1) is 29.1 Å². The largest absolute Gasteiger partial charge is 0.393 e. The molecule has 258 valence electrons. The molecule has 5 heterocycles. The van der Waals surface area contributed by atoms with Crippen LogP contribution < -0.4 is 10.2 Å². The molecular formula is C37H42F3N7OS. The minimum Gasteiger partial charge on any atom is -0.355 e. The van der Waals surface area contributed by atoms with Crippen LogP contribution in [0.5, 0.6) is 0 Å². The summed E-state index contributed by atoms with van der Waals surface area (Å²) >= 11 is 1.13. The molecule has 1 spiro atoms. The summed E-state index contributed by atoms with van der Waals surface area (Å²) in [4.78, 5) is 27.1. The molecule has 49 heavy (non-hydrogen) atoms. The van der Waals surface area contributed by atoms with E-state index in [0.717, 1.165) is 105 Å². The molecule has 3 aliphatic carbocycles. The van der Waals surface area contributed by atoms with Crippen LogP contribution in [-0.4, -0.2) is 63.2 Å². The van der Waals surface area contributed by atoms with Crippen molar-refractivity contribution >= 4 is 44.2 Å². The molecule has 1 atom stereocenters. The number of nitrogens with zero attached hydrogens (tertiary/aromatic N) is 6. The van der Waals surface area contributed by atoms with E-state index in [1.807, 2.05) is 19.9 Å². The monoisotopic (exact) mass is 689 g/mol. The fraction of sp³-hybridized carbons (Fsp3) is 0.568. The first-order chi connectivity index (χ1) is 23.3. The number of hydrogen-bond acceptors (Lipinski definition) is 7. The molecular weight excluding hydrogens is 648 g/mol. The molecule has 3 aromatic heterocycles. The molecule has 2 bridgehead atoms. The third-order valence-electron chi connectivity index (χ3n) is 11.8. The molecule has 2 saturated heterocycles. The Morgan fingerprint density at radius 2 is 1.86 bits per heavy atom. The highest BCUT2D eigenvalue weighted by molar-refractivity contribution is 7.18. The third kappa shape index (κ3) is 5.67. The lowest BCUT2D eigenvalue weighted by atomic mass is 9.39. The molecule has 1 amide bonds. The van der Waals surface area contributed by atoms with Crippen LogP contribution in [0.1, 0.15) is 79.9 Å². The van der Waals surface area contributed by atoms with E-state index in [1.54, 1.807) is 6.07 Å². The van der Waals surface area contributed by atoms with Crippen molar-refractivity contribution in [1.82, 2.24) is 24.8 Å². The SMILES string of the molecule is CCC(=O)NC12CC(Cn3c(C#N)cc4c(C)c(CN5CCC6(CCN(c7nc(CC)nc8sc(CC(F)(F)F)cc78)C6)C5)ccc43)(C1)C2. The van der Waals surface area contributed by atoms with Crippen molar-refractivity contribution in [1.29, 1.82) is 5.26 Å². The first-order valence-corrected chi connectivity index (χ1v) is 18.3. The Morgan fingerprint density at radius 1 is 1.08 bits per heavy atom. The Kier molecular flexibility index (Phi) is 7.58. The molecule has 8 nitrogen and oxygen atoms in total. The van der Waals surface area contributed by atoms with Gasteiger partial charge in [-0.15, -0.1) is 11.3 Å². The van der Waals surface area contributed by atoms with Gasteiger partial charge in [0.15, 0.2) is 0 Å². The summed E-state index contributed by atoms with van der Waals surface area (Å²) < 4.78 is 41.8. The molecule has 2 aliphatic heterocycles. The van der Waals surface area contributed by atoms with Crippen molar-refractivity contribution in [3.8, 4) is 6.07 Å². The summed E-state index contributed by atoms with van der Waals surface area (Å²) in [5.74, 6) is 1.57.